The monoisotopic (exact) mass is 585 g/mol. The van der Waals surface area contributed by atoms with E-state index in [1.807, 2.05) is 32.6 Å². The van der Waals surface area contributed by atoms with Crippen LogP contribution < -0.4 is 23.8 Å². The van der Waals surface area contributed by atoms with Crippen LogP contribution >= 0.6 is 0 Å². The Labute approximate surface area is 240 Å². The summed E-state index contributed by atoms with van der Waals surface area (Å²) in [5.74, 6) is 0.0476. The molecule has 10 nitrogen and oxygen atoms in total. The lowest BCUT2D eigenvalue weighted by molar-refractivity contribution is 0.0981. The number of aromatic nitrogens is 2. The predicted octanol–water partition coefficient (Wildman–Crippen LogP) is 5.04. The fraction of sp³-hybridized carbons (Fsp3) is 0.414. The van der Waals surface area contributed by atoms with E-state index in [0.29, 0.717) is 36.0 Å². The van der Waals surface area contributed by atoms with Gasteiger partial charge in [-0.3, -0.25) is 9.52 Å². The molecule has 0 bridgehead atoms. The molecule has 0 aliphatic carbocycles. The number of nitrogens with one attached hydrogen (secondary N) is 2. The van der Waals surface area contributed by atoms with Crippen molar-refractivity contribution < 1.29 is 27.1 Å². The van der Waals surface area contributed by atoms with Gasteiger partial charge in [0.25, 0.3) is 5.91 Å². The number of nitrogens with zero attached hydrogens (tertiary/aromatic N) is 3. The van der Waals surface area contributed by atoms with E-state index in [1.54, 1.807) is 24.3 Å². The van der Waals surface area contributed by atoms with Crippen LogP contribution in [0.25, 0.3) is 11.3 Å². The van der Waals surface area contributed by atoms with Crippen LogP contribution in [0.4, 0.5) is 16.0 Å². The van der Waals surface area contributed by atoms with Gasteiger partial charge in [0.15, 0.2) is 0 Å². The highest BCUT2D eigenvalue weighted by Crippen LogP contribution is 2.39. The Balaban J connectivity index is 1.70. The first kappa shape index (κ1) is 30.0. The van der Waals surface area contributed by atoms with Crippen molar-refractivity contribution >= 4 is 27.8 Å². The first-order chi connectivity index (χ1) is 19.3. The average molecular weight is 586 g/mol. The fourth-order valence-electron chi connectivity index (χ4n) is 4.58. The Hall–Kier alpha value is -3.93. The number of ether oxygens (including phenoxy) is 2. The van der Waals surface area contributed by atoms with Crippen LogP contribution in [0.3, 0.4) is 0 Å². The molecule has 1 unspecified atom stereocenters. The van der Waals surface area contributed by atoms with E-state index in [-0.39, 0.29) is 34.6 Å². The van der Waals surface area contributed by atoms with Gasteiger partial charge in [-0.25, -0.2) is 14.1 Å². The van der Waals surface area contributed by atoms with Gasteiger partial charge in [-0.05, 0) is 62.4 Å². The van der Waals surface area contributed by atoms with E-state index in [0.717, 1.165) is 6.42 Å². The lowest BCUT2D eigenvalue weighted by Crippen LogP contribution is -2.44. The van der Waals surface area contributed by atoms with Gasteiger partial charge in [0.1, 0.15) is 23.2 Å². The van der Waals surface area contributed by atoms with E-state index in [1.165, 1.54) is 31.4 Å². The van der Waals surface area contributed by atoms with Gasteiger partial charge in [0, 0.05) is 29.8 Å². The summed E-state index contributed by atoms with van der Waals surface area (Å²) in [5, 5.41) is 0. The van der Waals surface area contributed by atoms with Gasteiger partial charge < -0.3 is 14.4 Å². The fourth-order valence-corrected chi connectivity index (χ4v) is 5.38. The zero-order chi connectivity index (χ0) is 29.9. The van der Waals surface area contributed by atoms with Crippen LogP contribution in [0.15, 0.2) is 48.5 Å². The summed E-state index contributed by atoms with van der Waals surface area (Å²) in [6, 6.07) is 12.0. The molecule has 12 heteroatoms. The second-order valence-electron chi connectivity index (χ2n) is 11.0. The van der Waals surface area contributed by atoms with Gasteiger partial charge >= 0.3 is 10.2 Å². The minimum Gasteiger partial charge on any atom is -0.493 e. The quantitative estimate of drug-likeness (QED) is 0.339. The van der Waals surface area contributed by atoms with E-state index in [2.05, 4.69) is 21.4 Å². The summed E-state index contributed by atoms with van der Waals surface area (Å²) >= 11 is 0. The summed E-state index contributed by atoms with van der Waals surface area (Å²) in [7, 11) is -2.95. The third kappa shape index (κ3) is 7.05. The Morgan fingerprint density at radius 1 is 1.17 bits per heavy atom. The molecule has 3 heterocycles. The van der Waals surface area contributed by atoms with Crippen molar-refractivity contribution in [3.05, 3.63) is 59.9 Å². The van der Waals surface area contributed by atoms with Crippen LogP contribution in [0.1, 0.15) is 51.4 Å². The molecule has 1 saturated heterocycles. The van der Waals surface area contributed by atoms with Gasteiger partial charge in [-0.1, -0.05) is 26.8 Å². The normalized spacial score (nSPS) is 16.5. The maximum atomic E-state index is 14.6. The summed E-state index contributed by atoms with van der Waals surface area (Å²) < 4.78 is 55.3. The maximum absolute atomic E-state index is 14.6. The SMILES string of the molecule is COc1cccc(NS(=O)(=O)NC(=O)c2ccc(-c3cc(F)cc(OCC(C)C)c3)nc2N2CCC(C)C2(C)C)n1. The molecule has 0 saturated carbocycles. The molecule has 1 aromatic carbocycles. The second kappa shape index (κ2) is 11.9. The number of carbonyl (C=O) groups excluding carboxylic acids is 1. The van der Waals surface area contributed by atoms with Gasteiger partial charge in [0.2, 0.25) is 5.88 Å². The molecule has 1 fully saturated rings. The third-order valence-corrected chi connectivity index (χ3v) is 8.14. The lowest BCUT2D eigenvalue weighted by Gasteiger charge is -2.36. The van der Waals surface area contributed by atoms with Gasteiger partial charge in [0.05, 0.1) is 25.0 Å². The topological polar surface area (TPSA) is 123 Å². The highest BCUT2D eigenvalue weighted by molar-refractivity contribution is 7.91. The molecule has 41 heavy (non-hydrogen) atoms. The van der Waals surface area contributed by atoms with Crippen molar-refractivity contribution in [1.29, 1.82) is 0 Å². The number of methoxy groups -OCH3 is 1. The minimum atomic E-state index is -4.35. The molecule has 4 rings (SSSR count). The molecule has 1 atom stereocenters. The lowest BCUT2D eigenvalue weighted by atomic mass is 9.90. The van der Waals surface area contributed by atoms with Crippen molar-refractivity contribution in [1.82, 2.24) is 14.7 Å². The van der Waals surface area contributed by atoms with Crippen LogP contribution in [0.5, 0.6) is 11.6 Å². The first-order valence-corrected chi connectivity index (χ1v) is 14.9. The van der Waals surface area contributed by atoms with Crippen molar-refractivity contribution in [3.63, 3.8) is 0 Å². The molecule has 1 aliphatic rings. The van der Waals surface area contributed by atoms with Crippen molar-refractivity contribution in [3.8, 4) is 22.9 Å². The molecular weight excluding hydrogens is 549 g/mol. The van der Waals surface area contributed by atoms with Gasteiger partial charge in [-0.2, -0.15) is 13.4 Å². The number of pyridine rings is 2. The third-order valence-electron chi connectivity index (χ3n) is 7.21. The molecular formula is C29H36FN5O5S. The van der Waals surface area contributed by atoms with E-state index in [4.69, 9.17) is 14.5 Å². The molecule has 220 valence electrons. The molecule has 2 N–H and O–H groups in total. The van der Waals surface area contributed by atoms with E-state index >= 15 is 0 Å². The van der Waals surface area contributed by atoms with Crippen molar-refractivity contribution in [2.75, 3.05) is 29.9 Å². The molecule has 1 aliphatic heterocycles. The second-order valence-corrected chi connectivity index (χ2v) is 12.5. The zero-order valence-electron chi connectivity index (χ0n) is 24.1. The summed E-state index contributed by atoms with van der Waals surface area (Å²) in [6.07, 6.45) is 0.856. The Kier molecular flexibility index (Phi) is 8.71. The van der Waals surface area contributed by atoms with Crippen molar-refractivity contribution in [2.24, 2.45) is 11.8 Å². The summed E-state index contributed by atoms with van der Waals surface area (Å²) in [6.45, 7) is 11.2. The highest BCUT2D eigenvalue weighted by atomic mass is 32.2. The van der Waals surface area contributed by atoms with Crippen LogP contribution in [-0.2, 0) is 10.2 Å². The predicted molar refractivity (Wildman–Crippen MR) is 156 cm³/mol. The average Bonchev–Trinajstić information content (AvgIpc) is 3.17. The first-order valence-electron chi connectivity index (χ1n) is 13.4. The number of rotatable bonds is 10. The Bertz CT molecular complexity index is 1530. The summed E-state index contributed by atoms with van der Waals surface area (Å²) in [4.78, 5) is 24.2. The molecule has 3 aromatic rings. The number of hydrogen-bond donors (Lipinski definition) is 2. The number of amides is 1. The van der Waals surface area contributed by atoms with Crippen LogP contribution in [0.2, 0.25) is 0 Å². The standard InChI is InChI=1S/C29H36FN5O5S/c1-18(2)17-40-22-15-20(14-21(30)16-22)24-11-10-23(27(31-24)35-13-12-19(3)29(35,4)5)28(36)34-41(37,38)33-25-8-7-9-26(32-25)39-6/h7-11,14-16,18-19H,12-13,17H2,1-6H3,(H,32,33)(H,34,36). The Morgan fingerprint density at radius 3 is 2.59 bits per heavy atom. The van der Waals surface area contributed by atoms with Crippen LogP contribution in [0, 0.1) is 17.7 Å². The van der Waals surface area contributed by atoms with E-state index in [9.17, 15) is 17.6 Å². The molecule has 2 aromatic heterocycles. The number of benzene rings is 1. The Morgan fingerprint density at radius 2 is 1.93 bits per heavy atom. The maximum Gasteiger partial charge on any atom is 0.325 e. The number of halogens is 1. The number of anilines is 2. The highest BCUT2D eigenvalue weighted by Gasteiger charge is 2.41. The van der Waals surface area contributed by atoms with Crippen LogP contribution in [-0.4, -0.2) is 50.1 Å². The minimum absolute atomic E-state index is 0.0190. The molecule has 1 amide bonds. The number of hydrogen-bond acceptors (Lipinski definition) is 8. The smallest absolute Gasteiger partial charge is 0.325 e. The molecule has 0 spiro atoms. The summed E-state index contributed by atoms with van der Waals surface area (Å²) in [5.41, 5.74) is 0.575. The molecule has 0 radical (unpaired) electrons. The number of carbonyl (C=O) groups is 1. The van der Waals surface area contributed by atoms with E-state index < -0.39 is 21.9 Å². The zero-order valence-corrected chi connectivity index (χ0v) is 24.9. The largest absolute Gasteiger partial charge is 0.493 e. The van der Waals surface area contributed by atoms with Gasteiger partial charge in [-0.15, -0.1) is 0 Å². The van der Waals surface area contributed by atoms with Crippen molar-refractivity contribution in [2.45, 2.75) is 46.6 Å².